The standard InChI is InChI=1S/C26H31NO4/c28-24(23-13-8-7-12-22(23)20-10-4-3-5-11-20)17-15-21-16-18-25(29)27(21)19-9-2-1-6-14-26(30)31/h3-5,7-8,10-13,15,17,21,24,28H,1-2,6,9,14,16,18-19H2,(H,30,31). The highest BCUT2D eigenvalue weighted by atomic mass is 16.4. The van der Waals surface area contributed by atoms with Crippen LogP contribution in [-0.4, -0.2) is 39.6 Å². The molecule has 31 heavy (non-hydrogen) atoms. The summed E-state index contributed by atoms with van der Waals surface area (Å²) in [6, 6.07) is 17.8. The van der Waals surface area contributed by atoms with Crippen LogP contribution in [0, 0.1) is 0 Å². The average Bonchev–Trinajstić information content (AvgIpc) is 3.14. The van der Waals surface area contributed by atoms with Crippen molar-refractivity contribution in [2.24, 2.45) is 0 Å². The molecule has 5 heteroatoms. The van der Waals surface area contributed by atoms with E-state index in [2.05, 4.69) is 0 Å². The zero-order valence-electron chi connectivity index (χ0n) is 17.8. The highest BCUT2D eigenvalue weighted by Crippen LogP contribution is 2.29. The van der Waals surface area contributed by atoms with Gasteiger partial charge in [-0.25, -0.2) is 0 Å². The second-order valence-corrected chi connectivity index (χ2v) is 8.03. The molecule has 1 fully saturated rings. The average molecular weight is 422 g/mol. The first-order valence-electron chi connectivity index (χ1n) is 11.1. The summed E-state index contributed by atoms with van der Waals surface area (Å²) in [5, 5.41) is 19.6. The van der Waals surface area contributed by atoms with Crippen molar-refractivity contribution < 1.29 is 19.8 Å². The van der Waals surface area contributed by atoms with Gasteiger partial charge in [-0.1, -0.05) is 79.6 Å². The van der Waals surface area contributed by atoms with Crippen molar-refractivity contribution in [3.8, 4) is 11.1 Å². The third-order valence-electron chi connectivity index (χ3n) is 5.79. The van der Waals surface area contributed by atoms with Gasteiger partial charge in [0.05, 0.1) is 12.1 Å². The van der Waals surface area contributed by atoms with Gasteiger partial charge < -0.3 is 15.1 Å². The number of carboxylic acid groups (broad SMARTS) is 1. The fraction of sp³-hybridized carbons (Fsp3) is 0.385. The number of benzene rings is 2. The van der Waals surface area contributed by atoms with Crippen LogP contribution in [0.4, 0.5) is 0 Å². The number of aliphatic carboxylic acids is 1. The summed E-state index contributed by atoms with van der Waals surface area (Å²) in [6.07, 6.45) is 7.85. The molecule has 5 nitrogen and oxygen atoms in total. The molecule has 164 valence electrons. The highest BCUT2D eigenvalue weighted by molar-refractivity contribution is 5.79. The Kier molecular flexibility index (Phi) is 8.42. The van der Waals surface area contributed by atoms with Crippen molar-refractivity contribution in [3.05, 3.63) is 72.3 Å². The summed E-state index contributed by atoms with van der Waals surface area (Å²) in [7, 11) is 0. The molecular formula is C26H31NO4. The Labute approximate surface area is 184 Å². The van der Waals surface area contributed by atoms with E-state index in [4.69, 9.17) is 5.11 Å². The van der Waals surface area contributed by atoms with Gasteiger partial charge in [0, 0.05) is 19.4 Å². The maximum absolute atomic E-state index is 12.3. The zero-order valence-corrected chi connectivity index (χ0v) is 17.8. The number of unbranched alkanes of at least 4 members (excludes halogenated alkanes) is 3. The third-order valence-corrected chi connectivity index (χ3v) is 5.79. The van der Waals surface area contributed by atoms with Crippen LogP contribution in [0.2, 0.25) is 0 Å². The number of carbonyl (C=O) groups excluding carboxylic acids is 1. The smallest absolute Gasteiger partial charge is 0.303 e. The first-order chi connectivity index (χ1) is 15.1. The lowest BCUT2D eigenvalue weighted by Gasteiger charge is -2.23. The van der Waals surface area contributed by atoms with E-state index in [0.717, 1.165) is 42.4 Å². The van der Waals surface area contributed by atoms with Gasteiger partial charge in [-0.15, -0.1) is 0 Å². The molecule has 2 aromatic rings. The molecule has 1 aliphatic rings. The molecule has 0 spiro atoms. The second-order valence-electron chi connectivity index (χ2n) is 8.03. The number of aliphatic hydroxyl groups is 1. The van der Waals surface area contributed by atoms with Gasteiger partial charge in [-0.05, 0) is 36.0 Å². The third kappa shape index (κ3) is 6.53. The minimum atomic E-state index is -0.757. The van der Waals surface area contributed by atoms with Gasteiger partial charge in [-0.3, -0.25) is 9.59 Å². The Morgan fingerprint density at radius 1 is 1.03 bits per heavy atom. The molecule has 3 rings (SSSR count). The molecule has 2 unspecified atom stereocenters. The quantitative estimate of drug-likeness (QED) is 0.397. The number of amides is 1. The Balaban J connectivity index is 1.59. The Morgan fingerprint density at radius 3 is 2.52 bits per heavy atom. The fourth-order valence-electron chi connectivity index (χ4n) is 4.13. The van der Waals surface area contributed by atoms with E-state index in [1.165, 1.54) is 0 Å². The van der Waals surface area contributed by atoms with Gasteiger partial charge in [0.2, 0.25) is 5.91 Å². The summed E-state index contributed by atoms with van der Waals surface area (Å²) in [6.45, 7) is 0.678. The van der Waals surface area contributed by atoms with E-state index in [1.807, 2.05) is 65.6 Å². The predicted molar refractivity (Wildman–Crippen MR) is 121 cm³/mol. The van der Waals surface area contributed by atoms with E-state index in [1.54, 1.807) is 6.08 Å². The van der Waals surface area contributed by atoms with Crippen LogP contribution in [0.1, 0.15) is 56.6 Å². The molecule has 0 aliphatic carbocycles. The Hall–Kier alpha value is -2.92. The summed E-state index contributed by atoms with van der Waals surface area (Å²) in [5.74, 6) is -0.605. The van der Waals surface area contributed by atoms with Crippen molar-refractivity contribution >= 4 is 11.9 Å². The minimum Gasteiger partial charge on any atom is -0.481 e. The molecule has 0 bridgehead atoms. The zero-order chi connectivity index (χ0) is 22.1. The number of nitrogens with zero attached hydrogens (tertiary/aromatic N) is 1. The minimum absolute atomic E-state index is 0.00468. The van der Waals surface area contributed by atoms with Gasteiger partial charge in [0.15, 0.2) is 0 Å². The first kappa shape index (κ1) is 22.8. The summed E-state index contributed by atoms with van der Waals surface area (Å²) >= 11 is 0. The lowest BCUT2D eigenvalue weighted by molar-refractivity contribution is -0.137. The lowest BCUT2D eigenvalue weighted by atomic mass is 9.95. The fourth-order valence-corrected chi connectivity index (χ4v) is 4.13. The number of carboxylic acids is 1. The molecule has 1 amide bonds. The molecule has 2 aromatic carbocycles. The molecule has 1 aliphatic heterocycles. The van der Waals surface area contributed by atoms with E-state index in [9.17, 15) is 14.7 Å². The maximum Gasteiger partial charge on any atom is 0.303 e. The van der Waals surface area contributed by atoms with Crippen LogP contribution in [0.25, 0.3) is 11.1 Å². The van der Waals surface area contributed by atoms with Crippen molar-refractivity contribution in [1.29, 1.82) is 0 Å². The van der Waals surface area contributed by atoms with Gasteiger partial charge in [0.25, 0.3) is 0 Å². The number of hydrogen-bond acceptors (Lipinski definition) is 3. The van der Waals surface area contributed by atoms with Crippen molar-refractivity contribution in [1.82, 2.24) is 4.90 Å². The number of hydrogen-bond donors (Lipinski definition) is 2. The van der Waals surface area contributed by atoms with Crippen molar-refractivity contribution in [3.63, 3.8) is 0 Å². The van der Waals surface area contributed by atoms with Gasteiger partial charge in [-0.2, -0.15) is 0 Å². The van der Waals surface area contributed by atoms with Crippen LogP contribution in [-0.2, 0) is 9.59 Å². The van der Waals surface area contributed by atoms with E-state index >= 15 is 0 Å². The van der Waals surface area contributed by atoms with Crippen LogP contribution in [0.15, 0.2) is 66.7 Å². The van der Waals surface area contributed by atoms with E-state index in [-0.39, 0.29) is 18.4 Å². The molecular weight excluding hydrogens is 390 g/mol. The highest BCUT2D eigenvalue weighted by Gasteiger charge is 2.28. The summed E-state index contributed by atoms with van der Waals surface area (Å²) in [5.41, 5.74) is 2.91. The van der Waals surface area contributed by atoms with E-state index < -0.39 is 12.1 Å². The maximum atomic E-state index is 12.3. The van der Waals surface area contributed by atoms with Crippen LogP contribution < -0.4 is 0 Å². The molecule has 2 atom stereocenters. The SMILES string of the molecule is O=C(O)CCCCCCN1C(=O)CCC1C=CC(O)c1ccccc1-c1ccccc1. The second kappa shape index (κ2) is 11.5. The topological polar surface area (TPSA) is 77.8 Å². The largest absolute Gasteiger partial charge is 0.481 e. The van der Waals surface area contributed by atoms with Crippen LogP contribution in [0.3, 0.4) is 0 Å². The van der Waals surface area contributed by atoms with Crippen molar-refractivity contribution in [2.45, 2.75) is 57.1 Å². The molecule has 0 aromatic heterocycles. The monoisotopic (exact) mass is 421 g/mol. The summed E-state index contributed by atoms with van der Waals surface area (Å²) < 4.78 is 0. The summed E-state index contributed by atoms with van der Waals surface area (Å²) in [4.78, 5) is 24.8. The predicted octanol–water partition coefficient (Wildman–Crippen LogP) is 4.97. The molecule has 2 N–H and O–H groups in total. The van der Waals surface area contributed by atoms with E-state index in [0.29, 0.717) is 19.4 Å². The number of aliphatic hydroxyl groups excluding tert-OH is 1. The number of likely N-dealkylation sites (tertiary alicyclic amines) is 1. The van der Waals surface area contributed by atoms with Gasteiger partial charge in [0.1, 0.15) is 0 Å². The number of rotatable bonds is 11. The Morgan fingerprint density at radius 2 is 1.74 bits per heavy atom. The van der Waals surface area contributed by atoms with Crippen LogP contribution in [0.5, 0.6) is 0 Å². The number of carbonyl (C=O) groups is 2. The first-order valence-corrected chi connectivity index (χ1v) is 11.1. The molecule has 1 saturated heterocycles. The van der Waals surface area contributed by atoms with Crippen LogP contribution >= 0.6 is 0 Å². The van der Waals surface area contributed by atoms with Crippen molar-refractivity contribution in [2.75, 3.05) is 6.54 Å². The molecule has 0 radical (unpaired) electrons. The molecule has 0 saturated carbocycles. The molecule has 1 heterocycles. The Bertz CT molecular complexity index is 893. The normalized spacial score (nSPS) is 17.4. The lowest BCUT2D eigenvalue weighted by Crippen LogP contribution is -2.32. The van der Waals surface area contributed by atoms with Gasteiger partial charge >= 0.3 is 5.97 Å².